The van der Waals surface area contributed by atoms with Gasteiger partial charge in [-0.05, 0) is 46.6 Å². The van der Waals surface area contributed by atoms with Crippen LogP contribution >= 0.6 is 24.8 Å². The number of carbonyl (C=O) groups excluding carboxylic acids is 2. The predicted molar refractivity (Wildman–Crippen MR) is 166 cm³/mol. The van der Waals surface area contributed by atoms with Crippen molar-refractivity contribution in [3.8, 4) is 0 Å². The van der Waals surface area contributed by atoms with E-state index in [1.807, 2.05) is 146 Å². The third-order valence-electron chi connectivity index (χ3n) is 4.96. The van der Waals surface area contributed by atoms with Crippen LogP contribution in [0.25, 0.3) is 24.3 Å². The normalized spacial score (nSPS) is 10.5. The van der Waals surface area contributed by atoms with Crippen molar-refractivity contribution in [2.45, 2.75) is 0 Å². The van der Waals surface area contributed by atoms with Gasteiger partial charge in [0.25, 0.3) is 0 Å². The number of rotatable bonds is 8. The van der Waals surface area contributed by atoms with E-state index in [9.17, 15) is 9.59 Å². The molecule has 0 spiro atoms. The second-order valence-electron chi connectivity index (χ2n) is 7.78. The van der Waals surface area contributed by atoms with Crippen molar-refractivity contribution in [3.05, 3.63) is 168 Å². The van der Waals surface area contributed by atoms with Crippen molar-refractivity contribution in [1.82, 2.24) is 0 Å². The van der Waals surface area contributed by atoms with E-state index in [1.165, 1.54) is 0 Å². The molecule has 0 atom stereocenters. The van der Waals surface area contributed by atoms with Gasteiger partial charge in [0.1, 0.15) is 0 Å². The fourth-order valence-corrected chi connectivity index (χ4v) is 3.08. The van der Waals surface area contributed by atoms with Crippen LogP contribution in [0.15, 0.2) is 146 Å². The van der Waals surface area contributed by atoms with E-state index in [1.54, 1.807) is 24.3 Å². The molecule has 4 heteroatoms. The monoisotopic (exact) mass is 540 g/mol. The fraction of sp³-hybridized carbons (Fsp3) is 0. The molecule has 0 N–H and O–H groups in total. The van der Waals surface area contributed by atoms with Crippen LogP contribution in [0.1, 0.15) is 22.3 Å². The van der Waals surface area contributed by atoms with Gasteiger partial charge in [0.15, 0.2) is 11.6 Å². The van der Waals surface area contributed by atoms with Gasteiger partial charge in [0.05, 0.1) is 0 Å². The number of halogens is 2. The summed E-state index contributed by atoms with van der Waals surface area (Å²) in [5.74, 6) is -0.0228. The van der Waals surface area contributed by atoms with E-state index in [-0.39, 0.29) is 36.4 Å². The predicted octanol–water partition coefficient (Wildman–Crippen LogP) is 8.81. The lowest BCUT2D eigenvalue weighted by molar-refractivity contribution is -0.111. The van der Waals surface area contributed by atoms with Crippen LogP contribution in [0.3, 0.4) is 0 Å². The number of hydrogen-bond donors (Lipinski definition) is 0. The summed E-state index contributed by atoms with van der Waals surface area (Å²) < 4.78 is 0. The summed E-state index contributed by atoms with van der Waals surface area (Å²) in [6, 6.07) is 39.1. The van der Waals surface area contributed by atoms with Crippen LogP contribution in [0.4, 0.5) is 0 Å². The SMILES string of the molecule is Cl.Cl.O=C(C=Cc1ccccc1)C=Cc1ccccc1.O=C(C=Cc1ccccc1)C=Cc1ccccc1. The van der Waals surface area contributed by atoms with Crippen LogP contribution in [0, 0.1) is 0 Å². The largest absolute Gasteiger partial charge is 0.290 e. The van der Waals surface area contributed by atoms with Crippen LogP contribution < -0.4 is 0 Å². The standard InChI is InChI=1S/2C17H14O.2ClH/c2*18-17(13-11-15-7-3-1-4-8-15)14-12-16-9-5-2-6-10-16;;/h2*1-14H;2*1H. The Labute approximate surface area is 237 Å². The van der Waals surface area contributed by atoms with Gasteiger partial charge in [-0.15, -0.1) is 24.8 Å². The molecule has 0 saturated carbocycles. The first-order valence-corrected chi connectivity index (χ1v) is 11.7. The molecule has 0 bridgehead atoms. The second kappa shape index (κ2) is 18.9. The first-order valence-electron chi connectivity index (χ1n) is 11.7. The van der Waals surface area contributed by atoms with Crippen LogP contribution in [-0.2, 0) is 9.59 Å². The average Bonchev–Trinajstić information content (AvgIpc) is 2.95. The fourth-order valence-electron chi connectivity index (χ4n) is 3.08. The van der Waals surface area contributed by atoms with Gasteiger partial charge >= 0.3 is 0 Å². The summed E-state index contributed by atoms with van der Waals surface area (Å²) in [6.45, 7) is 0. The summed E-state index contributed by atoms with van der Waals surface area (Å²) >= 11 is 0. The van der Waals surface area contributed by atoms with Crippen molar-refractivity contribution in [2.75, 3.05) is 0 Å². The Bertz CT molecular complexity index is 1120. The summed E-state index contributed by atoms with van der Waals surface area (Å²) in [5, 5.41) is 0. The molecule has 2 nitrogen and oxygen atoms in total. The molecular weight excluding hydrogens is 511 g/mol. The van der Waals surface area contributed by atoms with Crippen molar-refractivity contribution >= 4 is 60.7 Å². The highest BCUT2D eigenvalue weighted by Gasteiger charge is 1.91. The molecule has 0 unspecified atom stereocenters. The Hall–Kier alpha value is -4.24. The zero-order valence-corrected chi connectivity index (χ0v) is 22.4. The molecule has 4 rings (SSSR count). The molecule has 0 aliphatic heterocycles. The molecule has 38 heavy (non-hydrogen) atoms. The maximum atomic E-state index is 11.6. The third kappa shape index (κ3) is 13.2. The van der Waals surface area contributed by atoms with Gasteiger partial charge in [-0.1, -0.05) is 146 Å². The zero-order valence-electron chi connectivity index (χ0n) is 20.8. The lowest BCUT2D eigenvalue weighted by atomic mass is 10.1. The van der Waals surface area contributed by atoms with Crippen molar-refractivity contribution in [2.24, 2.45) is 0 Å². The minimum Gasteiger partial charge on any atom is -0.290 e. The number of carbonyl (C=O) groups is 2. The van der Waals surface area contributed by atoms with Crippen molar-refractivity contribution in [1.29, 1.82) is 0 Å². The van der Waals surface area contributed by atoms with E-state index >= 15 is 0 Å². The zero-order chi connectivity index (χ0) is 25.3. The van der Waals surface area contributed by atoms with Crippen LogP contribution in [-0.4, -0.2) is 11.6 Å². The third-order valence-corrected chi connectivity index (χ3v) is 4.96. The van der Waals surface area contributed by atoms with Gasteiger partial charge in [-0.3, -0.25) is 9.59 Å². The molecule has 0 aliphatic rings. The molecule has 4 aromatic carbocycles. The number of ketones is 2. The molecule has 192 valence electrons. The maximum Gasteiger partial charge on any atom is 0.178 e. The molecule has 0 radical (unpaired) electrons. The van der Waals surface area contributed by atoms with E-state index in [4.69, 9.17) is 0 Å². The Morgan fingerprint density at radius 3 is 0.711 bits per heavy atom. The Balaban J connectivity index is 0.000000361. The summed E-state index contributed by atoms with van der Waals surface area (Å²) in [5.41, 5.74) is 4.11. The van der Waals surface area contributed by atoms with Crippen LogP contribution in [0.5, 0.6) is 0 Å². The molecule has 0 heterocycles. The van der Waals surface area contributed by atoms with E-state index < -0.39 is 0 Å². The highest BCUT2D eigenvalue weighted by molar-refractivity contribution is 6.05. The van der Waals surface area contributed by atoms with Gasteiger partial charge in [-0.25, -0.2) is 0 Å². The van der Waals surface area contributed by atoms with Crippen LogP contribution in [0.2, 0.25) is 0 Å². The van der Waals surface area contributed by atoms with Gasteiger partial charge in [0, 0.05) is 0 Å². The lowest BCUT2D eigenvalue weighted by Gasteiger charge is -1.91. The number of benzene rings is 4. The summed E-state index contributed by atoms with van der Waals surface area (Å²) in [6.07, 6.45) is 13.6. The van der Waals surface area contributed by atoms with E-state index in [0.29, 0.717) is 0 Å². The summed E-state index contributed by atoms with van der Waals surface area (Å²) in [4.78, 5) is 23.2. The Morgan fingerprint density at radius 1 is 0.342 bits per heavy atom. The topological polar surface area (TPSA) is 34.1 Å². The number of hydrogen-bond acceptors (Lipinski definition) is 2. The lowest BCUT2D eigenvalue weighted by Crippen LogP contribution is -1.84. The quantitative estimate of drug-likeness (QED) is 0.209. The smallest absolute Gasteiger partial charge is 0.178 e. The highest BCUT2D eigenvalue weighted by atomic mass is 35.5. The average molecular weight is 542 g/mol. The molecule has 0 saturated heterocycles. The first-order chi connectivity index (χ1) is 17.7. The Morgan fingerprint density at radius 2 is 0.526 bits per heavy atom. The van der Waals surface area contributed by atoms with Crippen molar-refractivity contribution in [3.63, 3.8) is 0 Å². The van der Waals surface area contributed by atoms with Gasteiger partial charge in [-0.2, -0.15) is 0 Å². The summed E-state index contributed by atoms with van der Waals surface area (Å²) in [7, 11) is 0. The van der Waals surface area contributed by atoms with E-state index in [0.717, 1.165) is 22.3 Å². The van der Waals surface area contributed by atoms with E-state index in [2.05, 4.69) is 0 Å². The maximum absolute atomic E-state index is 11.6. The molecule has 0 aliphatic carbocycles. The van der Waals surface area contributed by atoms with Gasteiger partial charge in [0.2, 0.25) is 0 Å². The highest BCUT2D eigenvalue weighted by Crippen LogP contribution is 2.05. The minimum absolute atomic E-state index is 0. The van der Waals surface area contributed by atoms with Gasteiger partial charge < -0.3 is 0 Å². The number of allylic oxidation sites excluding steroid dienone is 4. The molecular formula is C34H30Cl2O2. The second-order valence-corrected chi connectivity index (χ2v) is 7.78. The van der Waals surface area contributed by atoms with Crippen molar-refractivity contribution < 1.29 is 9.59 Å². The molecule has 0 aromatic heterocycles. The Kier molecular flexibility index (Phi) is 15.9. The molecule has 0 fully saturated rings. The first kappa shape index (κ1) is 31.8. The molecule has 4 aromatic rings. The minimum atomic E-state index is -0.0114. The molecule has 0 amide bonds.